The summed E-state index contributed by atoms with van der Waals surface area (Å²) in [5, 5.41) is 3.36. The fourth-order valence-corrected chi connectivity index (χ4v) is 2.24. The van der Waals surface area contributed by atoms with Crippen molar-refractivity contribution in [2.24, 2.45) is 5.92 Å². The Morgan fingerprint density at radius 3 is 3.17 bits per heavy atom. The van der Waals surface area contributed by atoms with Gasteiger partial charge in [0.25, 0.3) is 0 Å². The number of benzene rings is 1. The van der Waals surface area contributed by atoms with Gasteiger partial charge in [-0.2, -0.15) is 0 Å². The lowest BCUT2D eigenvalue weighted by Crippen LogP contribution is -2.33. The highest BCUT2D eigenvalue weighted by Gasteiger charge is 2.22. The van der Waals surface area contributed by atoms with Gasteiger partial charge in [-0.25, -0.2) is 4.39 Å². The molecule has 1 aromatic rings. The van der Waals surface area contributed by atoms with Crippen LogP contribution < -0.4 is 10.1 Å². The molecule has 2 unspecified atom stereocenters. The van der Waals surface area contributed by atoms with E-state index < -0.39 is 0 Å². The SMILES string of the molecule is COCC(C)CNCC1Cc2cc(F)ccc2O1. The monoisotopic (exact) mass is 253 g/mol. The third kappa shape index (κ3) is 3.43. The maximum atomic E-state index is 13.0. The fraction of sp³-hybridized carbons (Fsp3) is 0.571. The van der Waals surface area contributed by atoms with Crippen LogP contribution in [0.3, 0.4) is 0 Å². The van der Waals surface area contributed by atoms with Gasteiger partial charge in [0.2, 0.25) is 0 Å². The molecule has 1 aliphatic heterocycles. The van der Waals surface area contributed by atoms with Crippen LogP contribution in [-0.4, -0.2) is 32.9 Å². The molecule has 0 saturated heterocycles. The van der Waals surface area contributed by atoms with Crippen molar-refractivity contribution in [3.63, 3.8) is 0 Å². The van der Waals surface area contributed by atoms with E-state index in [-0.39, 0.29) is 11.9 Å². The Morgan fingerprint density at radius 2 is 2.39 bits per heavy atom. The maximum Gasteiger partial charge on any atom is 0.123 e. The van der Waals surface area contributed by atoms with E-state index >= 15 is 0 Å². The number of halogens is 1. The molecule has 0 radical (unpaired) electrons. The van der Waals surface area contributed by atoms with Crippen molar-refractivity contribution >= 4 is 0 Å². The van der Waals surface area contributed by atoms with Crippen LogP contribution in [0.2, 0.25) is 0 Å². The topological polar surface area (TPSA) is 30.5 Å². The standard InChI is InChI=1S/C14H20FNO2/c1-10(9-17-2)7-16-8-13-6-11-5-12(15)3-4-14(11)18-13/h3-5,10,13,16H,6-9H2,1-2H3. The Bertz CT molecular complexity index is 397. The number of nitrogens with one attached hydrogen (secondary N) is 1. The summed E-state index contributed by atoms with van der Waals surface area (Å²) in [7, 11) is 1.71. The summed E-state index contributed by atoms with van der Waals surface area (Å²) in [6.07, 6.45) is 0.884. The van der Waals surface area contributed by atoms with E-state index in [1.807, 2.05) is 0 Å². The number of hydrogen-bond acceptors (Lipinski definition) is 3. The molecular weight excluding hydrogens is 233 g/mol. The van der Waals surface area contributed by atoms with Gasteiger partial charge in [-0.05, 0) is 24.1 Å². The third-order valence-corrected chi connectivity index (χ3v) is 3.08. The van der Waals surface area contributed by atoms with Gasteiger partial charge in [-0.15, -0.1) is 0 Å². The highest BCUT2D eigenvalue weighted by atomic mass is 19.1. The van der Waals surface area contributed by atoms with Crippen molar-refractivity contribution in [3.8, 4) is 5.75 Å². The summed E-state index contributed by atoms with van der Waals surface area (Å²) in [6.45, 7) is 4.57. The number of rotatable bonds is 6. The molecule has 2 atom stereocenters. The molecule has 0 spiro atoms. The van der Waals surface area contributed by atoms with Crippen LogP contribution in [0.15, 0.2) is 18.2 Å². The van der Waals surface area contributed by atoms with Crippen LogP contribution in [0.5, 0.6) is 5.75 Å². The number of ether oxygens (including phenoxy) is 2. The molecular formula is C14H20FNO2. The second-order valence-corrected chi connectivity index (χ2v) is 4.91. The fourth-order valence-electron chi connectivity index (χ4n) is 2.24. The summed E-state index contributed by atoms with van der Waals surface area (Å²) in [6, 6.07) is 4.70. The van der Waals surface area contributed by atoms with Gasteiger partial charge in [0, 0.05) is 38.8 Å². The first-order valence-electron chi connectivity index (χ1n) is 6.33. The van der Waals surface area contributed by atoms with Crippen LogP contribution in [-0.2, 0) is 11.2 Å². The van der Waals surface area contributed by atoms with E-state index in [1.54, 1.807) is 19.2 Å². The van der Waals surface area contributed by atoms with Crippen LogP contribution in [0.1, 0.15) is 12.5 Å². The molecule has 0 aromatic heterocycles. The van der Waals surface area contributed by atoms with Gasteiger partial charge in [0.05, 0.1) is 0 Å². The molecule has 2 rings (SSSR count). The first-order valence-corrected chi connectivity index (χ1v) is 6.33. The molecule has 3 nitrogen and oxygen atoms in total. The van der Waals surface area contributed by atoms with Crippen LogP contribution in [0.4, 0.5) is 4.39 Å². The molecule has 1 heterocycles. The molecule has 0 bridgehead atoms. The molecule has 1 N–H and O–H groups in total. The van der Waals surface area contributed by atoms with Crippen molar-refractivity contribution < 1.29 is 13.9 Å². The Balaban J connectivity index is 1.74. The molecule has 0 fully saturated rings. The highest BCUT2D eigenvalue weighted by molar-refractivity contribution is 5.37. The van der Waals surface area contributed by atoms with Crippen molar-refractivity contribution in [2.45, 2.75) is 19.4 Å². The average molecular weight is 253 g/mol. The minimum absolute atomic E-state index is 0.108. The molecule has 0 saturated carbocycles. The van der Waals surface area contributed by atoms with E-state index in [4.69, 9.17) is 9.47 Å². The molecule has 0 amide bonds. The van der Waals surface area contributed by atoms with Gasteiger partial charge in [0.15, 0.2) is 0 Å². The Hall–Kier alpha value is -1.13. The van der Waals surface area contributed by atoms with Gasteiger partial charge in [0.1, 0.15) is 17.7 Å². The normalized spacial score (nSPS) is 19.4. The number of methoxy groups -OCH3 is 1. The summed E-state index contributed by atoms with van der Waals surface area (Å²) in [5.41, 5.74) is 0.965. The summed E-state index contributed by atoms with van der Waals surface area (Å²) < 4.78 is 23.9. The van der Waals surface area contributed by atoms with Crippen molar-refractivity contribution in [1.29, 1.82) is 0 Å². The quantitative estimate of drug-likeness (QED) is 0.841. The first kappa shape index (κ1) is 13.3. The lowest BCUT2D eigenvalue weighted by Gasteiger charge is -2.15. The maximum absolute atomic E-state index is 13.0. The summed E-state index contributed by atoms with van der Waals surface area (Å²) >= 11 is 0. The number of fused-ring (bicyclic) bond motifs is 1. The molecule has 1 aromatic carbocycles. The predicted octanol–water partition coefficient (Wildman–Crippen LogP) is 2.00. The van der Waals surface area contributed by atoms with E-state index in [0.29, 0.717) is 5.92 Å². The molecule has 1 aliphatic rings. The molecule has 18 heavy (non-hydrogen) atoms. The van der Waals surface area contributed by atoms with Gasteiger partial charge < -0.3 is 14.8 Å². The predicted molar refractivity (Wildman–Crippen MR) is 68.4 cm³/mol. The zero-order valence-electron chi connectivity index (χ0n) is 10.9. The van der Waals surface area contributed by atoms with Gasteiger partial charge in [-0.1, -0.05) is 6.92 Å². The number of hydrogen-bond donors (Lipinski definition) is 1. The van der Waals surface area contributed by atoms with E-state index in [2.05, 4.69) is 12.2 Å². The van der Waals surface area contributed by atoms with Crippen LogP contribution >= 0.6 is 0 Å². The van der Waals surface area contributed by atoms with Gasteiger partial charge in [-0.3, -0.25) is 0 Å². The minimum Gasteiger partial charge on any atom is -0.488 e. The molecule has 100 valence electrons. The minimum atomic E-state index is -0.195. The summed E-state index contributed by atoms with van der Waals surface area (Å²) in [5.74, 6) is 1.10. The average Bonchev–Trinajstić information content (AvgIpc) is 2.71. The van der Waals surface area contributed by atoms with E-state index in [1.165, 1.54) is 6.07 Å². The second kappa shape index (κ2) is 6.16. The second-order valence-electron chi connectivity index (χ2n) is 4.91. The van der Waals surface area contributed by atoms with Crippen molar-refractivity contribution in [1.82, 2.24) is 5.32 Å². The zero-order valence-corrected chi connectivity index (χ0v) is 10.9. The van der Waals surface area contributed by atoms with Gasteiger partial charge >= 0.3 is 0 Å². The largest absolute Gasteiger partial charge is 0.488 e. The lowest BCUT2D eigenvalue weighted by atomic mass is 10.1. The summed E-state index contributed by atoms with van der Waals surface area (Å²) in [4.78, 5) is 0. The molecule has 0 aliphatic carbocycles. The van der Waals surface area contributed by atoms with E-state index in [9.17, 15) is 4.39 Å². The van der Waals surface area contributed by atoms with Crippen LogP contribution in [0.25, 0.3) is 0 Å². The third-order valence-electron chi connectivity index (χ3n) is 3.08. The Morgan fingerprint density at radius 1 is 1.56 bits per heavy atom. The first-order chi connectivity index (χ1) is 8.69. The van der Waals surface area contributed by atoms with Crippen molar-refractivity contribution in [3.05, 3.63) is 29.6 Å². The van der Waals surface area contributed by atoms with Crippen molar-refractivity contribution in [2.75, 3.05) is 26.8 Å². The van der Waals surface area contributed by atoms with E-state index in [0.717, 1.165) is 37.4 Å². The highest BCUT2D eigenvalue weighted by Crippen LogP contribution is 2.28. The Kier molecular flexibility index (Phi) is 4.55. The molecule has 4 heteroatoms. The zero-order chi connectivity index (χ0) is 13.0. The smallest absolute Gasteiger partial charge is 0.123 e. The Labute approximate surface area is 107 Å². The van der Waals surface area contributed by atoms with Crippen LogP contribution in [0, 0.1) is 11.7 Å². The lowest BCUT2D eigenvalue weighted by molar-refractivity contribution is 0.155.